The molecule has 0 unspecified atom stereocenters. The number of benzene rings is 10. The van der Waals surface area contributed by atoms with Crippen LogP contribution in [0.2, 0.25) is 0 Å². The van der Waals surface area contributed by atoms with Gasteiger partial charge in [0.25, 0.3) is 0 Å². The summed E-state index contributed by atoms with van der Waals surface area (Å²) < 4.78 is 7.04. The number of rotatable bonds is 5. The van der Waals surface area contributed by atoms with E-state index in [1.165, 1.54) is 72.0 Å². The van der Waals surface area contributed by atoms with Crippen molar-refractivity contribution >= 4 is 49.8 Å². The fraction of sp³-hybridized carbons (Fsp3) is 0.0169. The van der Waals surface area contributed by atoms with Crippen LogP contribution in [0.15, 0.2) is 229 Å². The van der Waals surface area contributed by atoms with Crippen LogP contribution in [0.5, 0.6) is 0 Å². The van der Waals surface area contributed by atoms with Gasteiger partial charge in [-0.3, -0.25) is 0 Å². The molecule has 0 saturated carbocycles. The van der Waals surface area contributed by atoms with Crippen LogP contribution < -0.4 is 4.90 Å². The van der Waals surface area contributed by atoms with Gasteiger partial charge >= 0.3 is 0 Å². The summed E-state index contributed by atoms with van der Waals surface area (Å²) in [4.78, 5) is 2.45. The van der Waals surface area contributed by atoms with E-state index in [1.807, 2.05) is 0 Å². The molecule has 0 fully saturated rings. The van der Waals surface area contributed by atoms with E-state index in [4.69, 9.17) is 4.42 Å². The number of hydrogen-bond donors (Lipinski definition) is 0. The zero-order valence-corrected chi connectivity index (χ0v) is 33.2. The summed E-state index contributed by atoms with van der Waals surface area (Å²) in [6.45, 7) is 0. The van der Waals surface area contributed by atoms with E-state index in [2.05, 4.69) is 229 Å². The van der Waals surface area contributed by atoms with Crippen molar-refractivity contribution in [2.45, 2.75) is 5.41 Å². The molecule has 0 aliphatic heterocycles. The Bertz CT molecular complexity index is 3490. The molecule has 11 aromatic rings. The number of para-hydroxylation sites is 1. The standard InChI is InChI=1S/C59H37NO/c1-2-16-39(17-3-1)44-25-14-33-55-56(44)48-26-13-32-54(58(48)61-55)60(41-36-34-40(35-37-41)43-24-12-19-38-18-4-5-20-42(38)43)53-31-15-30-52-57(53)47-23-8-11-29-51(47)59(52)49-27-9-6-21-45(49)46-22-7-10-28-50(46)59/h1-37H. The minimum Gasteiger partial charge on any atom is -0.454 e. The highest BCUT2D eigenvalue weighted by Gasteiger charge is 2.52. The zero-order valence-electron chi connectivity index (χ0n) is 33.2. The highest BCUT2D eigenvalue weighted by Crippen LogP contribution is 2.64. The van der Waals surface area contributed by atoms with Gasteiger partial charge in [0.1, 0.15) is 5.58 Å². The molecular weight excluding hydrogens is 739 g/mol. The van der Waals surface area contributed by atoms with Crippen molar-refractivity contribution in [3.63, 3.8) is 0 Å². The van der Waals surface area contributed by atoms with E-state index in [0.29, 0.717) is 0 Å². The first-order chi connectivity index (χ1) is 30.3. The van der Waals surface area contributed by atoms with Crippen LogP contribution in [0, 0.1) is 0 Å². The van der Waals surface area contributed by atoms with E-state index >= 15 is 0 Å². The molecule has 0 saturated heterocycles. The molecule has 0 bridgehead atoms. The largest absolute Gasteiger partial charge is 0.454 e. The summed E-state index contributed by atoms with van der Waals surface area (Å²) in [5, 5.41) is 4.70. The van der Waals surface area contributed by atoms with Gasteiger partial charge in [0, 0.05) is 22.0 Å². The first kappa shape index (κ1) is 34.0. The minimum absolute atomic E-state index is 0.463. The average molecular weight is 776 g/mol. The van der Waals surface area contributed by atoms with Gasteiger partial charge in [-0.15, -0.1) is 0 Å². The number of nitrogens with zero attached hydrogens (tertiary/aromatic N) is 1. The van der Waals surface area contributed by atoms with E-state index in [-0.39, 0.29) is 0 Å². The van der Waals surface area contributed by atoms with Crippen molar-refractivity contribution in [3.05, 3.63) is 247 Å². The molecule has 2 nitrogen and oxygen atoms in total. The topological polar surface area (TPSA) is 16.4 Å². The third-order valence-corrected chi connectivity index (χ3v) is 13.3. The molecule has 0 amide bonds. The summed E-state index contributed by atoms with van der Waals surface area (Å²) >= 11 is 0. The molecule has 0 atom stereocenters. The highest BCUT2D eigenvalue weighted by molar-refractivity contribution is 6.16. The minimum atomic E-state index is -0.463. The second-order valence-electron chi connectivity index (χ2n) is 16.3. The van der Waals surface area contributed by atoms with E-state index in [1.54, 1.807) is 0 Å². The first-order valence-electron chi connectivity index (χ1n) is 21.1. The van der Waals surface area contributed by atoms with Gasteiger partial charge in [-0.05, 0) is 102 Å². The van der Waals surface area contributed by atoms with Gasteiger partial charge in [-0.25, -0.2) is 0 Å². The van der Waals surface area contributed by atoms with E-state index in [0.717, 1.165) is 44.6 Å². The lowest BCUT2D eigenvalue weighted by atomic mass is 9.70. The van der Waals surface area contributed by atoms with Crippen molar-refractivity contribution in [2.75, 3.05) is 4.90 Å². The molecule has 1 aromatic heterocycles. The summed E-state index contributed by atoms with van der Waals surface area (Å²) in [5.41, 5.74) is 19.5. The van der Waals surface area contributed by atoms with E-state index < -0.39 is 5.41 Å². The molecular formula is C59H37NO. The number of fused-ring (bicyclic) bond motifs is 14. The maximum Gasteiger partial charge on any atom is 0.159 e. The Labute approximate surface area is 354 Å². The number of furan rings is 1. The van der Waals surface area contributed by atoms with Gasteiger partial charge in [0.05, 0.1) is 16.8 Å². The van der Waals surface area contributed by atoms with Crippen molar-refractivity contribution < 1.29 is 4.42 Å². The van der Waals surface area contributed by atoms with Crippen LogP contribution in [0.3, 0.4) is 0 Å². The van der Waals surface area contributed by atoms with Crippen molar-refractivity contribution in [3.8, 4) is 44.5 Å². The van der Waals surface area contributed by atoms with Crippen LogP contribution in [0.25, 0.3) is 77.2 Å². The van der Waals surface area contributed by atoms with Crippen molar-refractivity contribution in [1.82, 2.24) is 0 Å². The third kappa shape index (κ3) is 4.73. The van der Waals surface area contributed by atoms with Gasteiger partial charge in [0.2, 0.25) is 0 Å². The fourth-order valence-electron chi connectivity index (χ4n) is 10.9. The SMILES string of the molecule is c1ccc(-c2cccc3oc4c(N(c5ccc(-c6cccc7ccccc67)cc5)c5cccc6c5-c5ccccc5C65c6ccccc6-c6ccccc65)cccc4c23)cc1. The molecule has 2 aliphatic carbocycles. The quantitative estimate of drug-likeness (QED) is 0.173. The Balaban J connectivity index is 1.10. The molecule has 0 radical (unpaired) electrons. The van der Waals surface area contributed by atoms with Crippen LogP contribution in [-0.4, -0.2) is 0 Å². The fourth-order valence-corrected chi connectivity index (χ4v) is 10.9. The van der Waals surface area contributed by atoms with Crippen LogP contribution in [-0.2, 0) is 5.41 Å². The van der Waals surface area contributed by atoms with Gasteiger partial charge < -0.3 is 9.32 Å². The Morgan fingerprint density at radius 3 is 1.66 bits per heavy atom. The lowest BCUT2D eigenvalue weighted by molar-refractivity contribution is 0.669. The summed E-state index contributed by atoms with van der Waals surface area (Å²) in [5.74, 6) is 0. The molecule has 2 heteroatoms. The Morgan fingerprint density at radius 1 is 0.344 bits per heavy atom. The summed E-state index contributed by atoms with van der Waals surface area (Å²) in [6, 6.07) is 82.1. The molecule has 61 heavy (non-hydrogen) atoms. The van der Waals surface area contributed by atoms with Crippen LogP contribution in [0.4, 0.5) is 17.1 Å². The second-order valence-corrected chi connectivity index (χ2v) is 16.3. The first-order valence-corrected chi connectivity index (χ1v) is 21.1. The zero-order chi connectivity index (χ0) is 40.1. The van der Waals surface area contributed by atoms with E-state index in [9.17, 15) is 0 Å². The van der Waals surface area contributed by atoms with Crippen LogP contribution >= 0.6 is 0 Å². The molecule has 2 aliphatic rings. The molecule has 1 heterocycles. The highest BCUT2D eigenvalue weighted by atomic mass is 16.3. The molecule has 10 aromatic carbocycles. The summed E-state index contributed by atoms with van der Waals surface area (Å²) in [7, 11) is 0. The lowest BCUT2D eigenvalue weighted by Gasteiger charge is -2.31. The molecule has 284 valence electrons. The normalized spacial score (nSPS) is 13.0. The molecule has 13 rings (SSSR count). The molecule has 0 N–H and O–H groups in total. The Hall–Kier alpha value is -7.94. The predicted octanol–water partition coefficient (Wildman–Crippen LogP) is 15.9. The molecule has 1 spiro atoms. The summed E-state index contributed by atoms with van der Waals surface area (Å²) in [6.07, 6.45) is 0. The predicted molar refractivity (Wildman–Crippen MR) is 253 cm³/mol. The maximum absolute atomic E-state index is 7.04. The maximum atomic E-state index is 7.04. The Morgan fingerprint density at radius 2 is 0.869 bits per heavy atom. The smallest absolute Gasteiger partial charge is 0.159 e. The van der Waals surface area contributed by atoms with Crippen molar-refractivity contribution in [2.24, 2.45) is 0 Å². The Kier molecular flexibility index (Phi) is 7.26. The van der Waals surface area contributed by atoms with Crippen LogP contribution in [0.1, 0.15) is 22.3 Å². The second kappa shape index (κ2) is 13.0. The van der Waals surface area contributed by atoms with Gasteiger partial charge in [0.15, 0.2) is 5.58 Å². The number of hydrogen-bond acceptors (Lipinski definition) is 2. The van der Waals surface area contributed by atoms with Gasteiger partial charge in [-0.1, -0.05) is 194 Å². The monoisotopic (exact) mass is 775 g/mol. The number of anilines is 3. The van der Waals surface area contributed by atoms with Crippen molar-refractivity contribution in [1.29, 1.82) is 0 Å². The average Bonchev–Trinajstić information content (AvgIpc) is 3.97. The third-order valence-electron chi connectivity index (χ3n) is 13.3. The lowest BCUT2D eigenvalue weighted by Crippen LogP contribution is -2.26. The van der Waals surface area contributed by atoms with Gasteiger partial charge in [-0.2, -0.15) is 0 Å².